The molecule has 0 aliphatic carbocycles. The standard InChI is InChI=1S/C13H15NO6/c15-12(16)3-1-2-4-13(17)20-9-10-5-7-11(8-6-10)14(18)19/h5-8H,1-4,9H2,(H,15,16)/p-1. The van der Waals surface area contributed by atoms with E-state index in [9.17, 15) is 24.8 Å². The Kier molecular flexibility index (Phi) is 6.15. The molecule has 0 N–H and O–H groups in total. The molecule has 0 atom stereocenters. The topological polar surface area (TPSA) is 110 Å². The Morgan fingerprint density at radius 3 is 2.25 bits per heavy atom. The summed E-state index contributed by atoms with van der Waals surface area (Å²) in [7, 11) is 0. The zero-order chi connectivity index (χ0) is 15.0. The number of non-ortho nitro benzene ring substituents is 1. The van der Waals surface area contributed by atoms with E-state index in [2.05, 4.69) is 0 Å². The molecule has 0 heterocycles. The van der Waals surface area contributed by atoms with Crippen LogP contribution in [0, 0.1) is 10.1 Å². The average Bonchev–Trinajstić information content (AvgIpc) is 2.41. The number of nitrogens with zero attached hydrogens (tertiary/aromatic N) is 1. The third-order valence-corrected chi connectivity index (χ3v) is 2.56. The Morgan fingerprint density at radius 1 is 1.10 bits per heavy atom. The fourth-order valence-corrected chi connectivity index (χ4v) is 1.49. The highest BCUT2D eigenvalue weighted by atomic mass is 16.6. The van der Waals surface area contributed by atoms with Gasteiger partial charge in [0, 0.05) is 24.5 Å². The first-order valence-corrected chi connectivity index (χ1v) is 6.08. The Balaban J connectivity index is 2.26. The number of carbonyl (C=O) groups is 2. The Morgan fingerprint density at radius 2 is 1.70 bits per heavy atom. The van der Waals surface area contributed by atoms with E-state index in [1.54, 1.807) is 0 Å². The fraction of sp³-hybridized carbons (Fsp3) is 0.385. The summed E-state index contributed by atoms with van der Waals surface area (Å²) in [5.74, 6) is -1.56. The number of benzene rings is 1. The number of rotatable bonds is 8. The molecule has 0 saturated carbocycles. The van der Waals surface area contributed by atoms with E-state index >= 15 is 0 Å². The number of carbonyl (C=O) groups excluding carboxylic acids is 2. The van der Waals surface area contributed by atoms with Crippen LogP contribution >= 0.6 is 0 Å². The molecule has 1 aromatic carbocycles. The minimum Gasteiger partial charge on any atom is -0.550 e. The van der Waals surface area contributed by atoms with Crippen molar-refractivity contribution in [3.8, 4) is 0 Å². The fourth-order valence-electron chi connectivity index (χ4n) is 1.49. The van der Waals surface area contributed by atoms with Crippen molar-refractivity contribution in [2.24, 2.45) is 0 Å². The lowest BCUT2D eigenvalue weighted by atomic mass is 10.2. The quantitative estimate of drug-likeness (QED) is 0.303. The van der Waals surface area contributed by atoms with Crippen molar-refractivity contribution in [3.05, 3.63) is 39.9 Å². The summed E-state index contributed by atoms with van der Waals surface area (Å²) in [4.78, 5) is 31.4. The highest BCUT2D eigenvalue weighted by Gasteiger charge is 2.06. The molecule has 20 heavy (non-hydrogen) atoms. The van der Waals surface area contributed by atoms with Crippen LogP contribution in [-0.4, -0.2) is 16.9 Å². The maximum absolute atomic E-state index is 11.3. The number of nitro benzene ring substituents is 1. The zero-order valence-electron chi connectivity index (χ0n) is 10.7. The number of hydrogen-bond donors (Lipinski definition) is 0. The van der Waals surface area contributed by atoms with E-state index in [1.807, 2.05) is 0 Å². The number of hydrogen-bond acceptors (Lipinski definition) is 6. The summed E-state index contributed by atoms with van der Waals surface area (Å²) in [6.07, 6.45) is 0.859. The molecule has 0 bridgehead atoms. The van der Waals surface area contributed by atoms with Crippen LogP contribution in [0.3, 0.4) is 0 Å². The lowest BCUT2D eigenvalue weighted by molar-refractivity contribution is -0.384. The van der Waals surface area contributed by atoms with Crippen molar-refractivity contribution in [3.63, 3.8) is 0 Å². The molecule has 1 aromatic rings. The Bertz CT molecular complexity index is 482. The van der Waals surface area contributed by atoms with Crippen LogP contribution in [-0.2, 0) is 20.9 Å². The van der Waals surface area contributed by atoms with Crippen molar-refractivity contribution in [1.29, 1.82) is 0 Å². The van der Waals surface area contributed by atoms with Crippen LogP contribution in [0.2, 0.25) is 0 Å². The summed E-state index contributed by atoms with van der Waals surface area (Å²) in [6.45, 7) is 0.0390. The molecular weight excluding hydrogens is 266 g/mol. The van der Waals surface area contributed by atoms with E-state index in [0.717, 1.165) is 0 Å². The van der Waals surface area contributed by atoms with Crippen molar-refractivity contribution >= 4 is 17.6 Å². The van der Waals surface area contributed by atoms with Gasteiger partial charge in [-0.05, 0) is 37.0 Å². The molecule has 0 aliphatic rings. The highest BCUT2D eigenvalue weighted by Crippen LogP contribution is 2.13. The second kappa shape index (κ2) is 7.88. The van der Waals surface area contributed by atoms with Gasteiger partial charge in [0.2, 0.25) is 0 Å². The van der Waals surface area contributed by atoms with Crippen LogP contribution in [0.1, 0.15) is 31.2 Å². The van der Waals surface area contributed by atoms with Crippen LogP contribution in [0.5, 0.6) is 0 Å². The number of nitro groups is 1. The maximum Gasteiger partial charge on any atom is 0.306 e. The summed E-state index contributed by atoms with van der Waals surface area (Å²) < 4.78 is 4.96. The van der Waals surface area contributed by atoms with Gasteiger partial charge in [0.05, 0.1) is 4.92 Å². The van der Waals surface area contributed by atoms with Crippen LogP contribution in [0.4, 0.5) is 5.69 Å². The second-order valence-corrected chi connectivity index (χ2v) is 4.16. The maximum atomic E-state index is 11.3. The molecule has 0 spiro atoms. The van der Waals surface area contributed by atoms with E-state index in [4.69, 9.17) is 4.74 Å². The van der Waals surface area contributed by atoms with Gasteiger partial charge in [-0.2, -0.15) is 0 Å². The lowest BCUT2D eigenvalue weighted by Gasteiger charge is -2.05. The predicted molar refractivity (Wildman–Crippen MR) is 66.4 cm³/mol. The Labute approximate surface area is 115 Å². The van der Waals surface area contributed by atoms with Gasteiger partial charge in [0.1, 0.15) is 6.61 Å². The molecule has 1 rings (SSSR count). The molecular formula is C13H14NO6-. The molecule has 0 amide bonds. The van der Waals surface area contributed by atoms with E-state index < -0.39 is 16.9 Å². The molecule has 7 nitrogen and oxygen atoms in total. The van der Waals surface area contributed by atoms with Gasteiger partial charge in [-0.3, -0.25) is 14.9 Å². The Hall–Kier alpha value is -2.44. The average molecular weight is 280 g/mol. The normalized spacial score (nSPS) is 10.0. The molecule has 0 radical (unpaired) electrons. The third-order valence-electron chi connectivity index (χ3n) is 2.56. The van der Waals surface area contributed by atoms with Crippen molar-refractivity contribution in [2.75, 3.05) is 0 Å². The first-order valence-electron chi connectivity index (χ1n) is 6.08. The second-order valence-electron chi connectivity index (χ2n) is 4.16. The summed E-state index contributed by atoms with van der Waals surface area (Å²) in [5, 5.41) is 20.6. The van der Waals surface area contributed by atoms with E-state index in [-0.39, 0.29) is 25.1 Å². The summed E-state index contributed by atoms with van der Waals surface area (Å²) in [6, 6.07) is 5.70. The van der Waals surface area contributed by atoms with E-state index in [0.29, 0.717) is 18.4 Å². The first-order chi connectivity index (χ1) is 9.49. The SMILES string of the molecule is O=C([O-])CCCCC(=O)OCc1ccc([N+](=O)[O-])cc1. The third kappa shape index (κ3) is 5.94. The summed E-state index contributed by atoms with van der Waals surface area (Å²) in [5.41, 5.74) is 0.626. The van der Waals surface area contributed by atoms with Crippen molar-refractivity contribution < 1.29 is 24.4 Å². The van der Waals surface area contributed by atoms with E-state index in [1.165, 1.54) is 24.3 Å². The molecule has 108 valence electrons. The number of carboxylic acid groups (broad SMARTS) is 1. The van der Waals surface area contributed by atoms with Gasteiger partial charge < -0.3 is 14.6 Å². The smallest absolute Gasteiger partial charge is 0.306 e. The number of esters is 1. The van der Waals surface area contributed by atoms with Gasteiger partial charge in [-0.15, -0.1) is 0 Å². The number of carboxylic acids is 1. The molecule has 0 aliphatic heterocycles. The molecule has 7 heteroatoms. The van der Waals surface area contributed by atoms with Gasteiger partial charge in [-0.1, -0.05) is 0 Å². The molecule has 0 fully saturated rings. The molecule has 0 saturated heterocycles. The molecule has 0 aromatic heterocycles. The minimum absolute atomic E-state index is 0.0256. The van der Waals surface area contributed by atoms with Crippen LogP contribution in [0.15, 0.2) is 24.3 Å². The monoisotopic (exact) mass is 280 g/mol. The highest BCUT2D eigenvalue weighted by molar-refractivity contribution is 5.69. The van der Waals surface area contributed by atoms with Crippen molar-refractivity contribution in [2.45, 2.75) is 32.3 Å². The number of ether oxygens (including phenoxy) is 1. The van der Waals surface area contributed by atoms with Gasteiger partial charge >= 0.3 is 5.97 Å². The lowest BCUT2D eigenvalue weighted by Crippen LogP contribution is -2.21. The van der Waals surface area contributed by atoms with Crippen molar-refractivity contribution in [1.82, 2.24) is 0 Å². The van der Waals surface area contributed by atoms with Crippen LogP contribution < -0.4 is 5.11 Å². The largest absolute Gasteiger partial charge is 0.550 e. The summed E-state index contributed by atoms with van der Waals surface area (Å²) >= 11 is 0. The number of aliphatic carboxylic acids is 1. The van der Waals surface area contributed by atoms with Gasteiger partial charge in [-0.25, -0.2) is 0 Å². The molecule has 0 unspecified atom stereocenters. The van der Waals surface area contributed by atoms with Gasteiger partial charge in [0.15, 0.2) is 0 Å². The minimum atomic E-state index is -1.13. The van der Waals surface area contributed by atoms with Crippen LogP contribution in [0.25, 0.3) is 0 Å². The first kappa shape index (κ1) is 15.6. The zero-order valence-corrected chi connectivity index (χ0v) is 10.7. The van der Waals surface area contributed by atoms with Gasteiger partial charge in [0.25, 0.3) is 5.69 Å². The predicted octanol–water partition coefficient (Wildman–Crippen LogP) is 0.948. The number of unbranched alkanes of at least 4 members (excludes halogenated alkanes) is 1.